The summed E-state index contributed by atoms with van der Waals surface area (Å²) < 4.78 is 0. The quantitative estimate of drug-likeness (QED) is 0.428. The van der Waals surface area contributed by atoms with Crippen LogP contribution in [0.25, 0.3) is 0 Å². The van der Waals surface area contributed by atoms with Crippen LogP contribution in [-0.4, -0.2) is 46.5 Å². The summed E-state index contributed by atoms with van der Waals surface area (Å²) in [6.45, 7) is -0.0980. The lowest BCUT2D eigenvalue weighted by Crippen LogP contribution is -3.18. The van der Waals surface area contributed by atoms with Crippen LogP contribution in [-0.2, 0) is 4.79 Å². The second-order valence-electron chi connectivity index (χ2n) is 5.95. The normalized spacial score (nSPS) is 33.4. The molecule has 1 saturated heterocycles. The van der Waals surface area contributed by atoms with E-state index in [9.17, 15) is 30.1 Å². The van der Waals surface area contributed by atoms with Gasteiger partial charge in [0.25, 0.3) is 11.1 Å². The zero-order chi connectivity index (χ0) is 16.5. The number of carboxylic acids is 1. The molecule has 3 atom stereocenters. The zero-order valence-electron chi connectivity index (χ0n) is 11.6. The number of fused-ring (bicyclic) bond motifs is 2. The largest absolute Gasteiger partial charge is 0.550 e. The molecule has 0 amide bonds. The van der Waals surface area contributed by atoms with Crippen LogP contribution in [0.2, 0.25) is 0 Å². The van der Waals surface area contributed by atoms with Crippen molar-refractivity contribution in [2.24, 2.45) is 0 Å². The molecule has 1 fully saturated rings. The van der Waals surface area contributed by atoms with Crippen molar-refractivity contribution < 1.29 is 24.6 Å². The fraction of sp³-hybridized carbons (Fsp3) is 0.667. The third-order valence-electron chi connectivity index (χ3n) is 4.31. The number of likely N-dealkylation sites (tertiary alicyclic amines) is 1. The van der Waals surface area contributed by atoms with Crippen LogP contribution in [0.15, 0.2) is 11.6 Å². The van der Waals surface area contributed by atoms with Gasteiger partial charge in [0.1, 0.15) is 13.0 Å². The van der Waals surface area contributed by atoms with Gasteiger partial charge in [-0.1, -0.05) is 0 Å². The SMILES string of the molecule is N#CC1=C[C@@]2([N+](=O)[O-])C[NH+](CCC(=O)[O-])C[C@]([N+](=O)[O-])(C1)C2. The number of aliphatic carboxylic acids is 1. The second-order valence-corrected chi connectivity index (χ2v) is 5.95. The van der Waals surface area contributed by atoms with Gasteiger partial charge in [-0.2, -0.15) is 5.26 Å². The molecule has 118 valence electrons. The zero-order valence-corrected chi connectivity index (χ0v) is 11.6. The maximum absolute atomic E-state index is 11.5. The Morgan fingerprint density at radius 1 is 1.36 bits per heavy atom. The highest BCUT2D eigenvalue weighted by Gasteiger charge is 2.66. The summed E-state index contributed by atoms with van der Waals surface area (Å²) in [5.74, 6) is -1.30. The molecular formula is C12H14N4O6. The Balaban J connectivity index is 2.42. The maximum Gasteiger partial charge on any atom is 0.296 e. The number of nitrogens with one attached hydrogen (secondary N) is 1. The number of carbonyl (C=O) groups excluding carboxylic acids is 1. The number of nitro groups is 2. The van der Waals surface area contributed by atoms with Gasteiger partial charge in [0, 0.05) is 33.9 Å². The fourth-order valence-electron chi connectivity index (χ4n) is 3.52. The Labute approximate surface area is 124 Å². The van der Waals surface area contributed by atoms with Gasteiger partial charge in [-0.05, 0) is 0 Å². The van der Waals surface area contributed by atoms with Gasteiger partial charge >= 0.3 is 0 Å². The molecule has 1 aliphatic carbocycles. The summed E-state index contributed by atoms with van der Waals surface area (Å²) in [4.78, 5) is 32.9. The van der Waals surface area contributed by atoms with Crippen molar-refractivity contribution >= 4 is 5.97 Å². The number of nitriles is 1. The molecule has 10 heteroatoms. The van der Waals surface area contributed by atoms with E-state index < -0.39 is 26.9 Å². The predicted molar refractivity (Wildman–Crippen MR) is 67.6 cm³/mol. The molecule has 1 unspecified atom stereocenters. The molecule has 2 rings (SSSR count). The Morgan fingerprint density at radius 2 is 2.05 bits per heavy atom. The van der Waals surface area contributed by atoms with Crippen LogP contribution >= 0.6 is 0 Å². The first kappa shape index (κ1) is 15.8. The highest BCUT2D eigenvalue weighted by atomic mass is 16.6. The first-order valence-corrected chi connectivity index (χ1v) is 6.67. The van der Waals surface area contributed by atoms with Gasteiger partial charge in [-0.25, -0.2) is 0 Å². The number of hydrogen-bond acceptors (Lipinski definition) is 7. The van der Waals surface area contributed by atoms with Gasteiger partial charge in [0.2, 0.25) is 0 Å². The van der Waals surface area contributed by atoms with Gasteiger partial charge < -0.3 is 14.8 Å². The maximum atomic E-state index is 11.5. The molecular weight excluding hydrogens is 296 g/mol. The van der Waals surface area contributed by atoms with Crippen LogP contribution in [0, 0.1) is 31.6 Å². The molecule has 0 aromatic heterocycles. The van der Waals surface area contributed by atoms with Gasteiger partial charge in [-0.15, -0.1) is 0 Å². The number of carbonyl (C=O) groups is 1. The average Bonchev–Trinajstić information content (AvgIpc) is 2.43. The molecule has 10 nitrogen and oxygen atoms in total. The standard InChI is InChI=1S/C12H14N4O6/c13-5-9-3-11(15(19)20)6-12(4-9,16(21)22)8-14(7-11)2-1-10(17)18/h3H,1-2,4,6-8H2,(H,17,18)/t11-,12-/m0/s1. The number of rotatable bonds is 5. The van der Waals surface area contributed by atoms with E-state index in [0.29, 0.717) is 4.90 Å². The number of carboxylic acid groups (broad SMARTS) is 1. The first-order valence-electron chi connectivity index (χ1n) is 6.67. The van der Waals surface area contributed by atoms with Crippen molar-refractivity contribution in [2.45, 2.75) is 30.3 Å². The van der Waals surface area contributed by atoms with Crippen LogP contribution in [0.1, 0.15) is 19.3 Å². The lowest BCUT2D eigenvalue weighted by molar-refractivity contribution is -0.943. The number of piperidine rings is 1. The summed E-state index contributed by atoms with van der Waals surface area (Å²) in [6.07, 6.45) is 0.430. The third kappa shape index (κ3) is 2.62. The smallest absolute Gasteiger partial charge is 0.296 e. The monoisotopic (exact) mass is 310 g/mol. The van der Waals surface area contributed by atoms with Crippen molar-refractivity contribution in [3.05, 3.63) is 31.9 Å². The first-order chi connectivity index (χ1) is 10.2. The van der Waals surface area contributed by atoms with E-state index in [0.717, 1.165) is 0 Å². The second kappa shape index (κ2) is 5.34. The lowest BCUT2D eigenvalue weighted by atomic mass is 9.69. The summed E-state index contributed by atoms with van der Waals surface area (Å²) in [6, 6.07) is 1.80. The minimum atomic E-state index is -1.70. The topological polar surface area (TPSA) is 155 Å². The fourth-order valence-corrected chi connectivity index (χ4v) is 3.52. The van der Waals surface area contributed by atoms with E-state index in [1.54, 1.807) is 6.07 Å². The average molecular weight is 310 g/mol. The van der Waals surface area contributed by atoms with E-state index in [-0.39, 0.29) is 44.5 Å². The van der Waals surface area contributed by atoms with E-state index >= 15 is 0 Å². The van der Waals surface area contributed by atoms with Gasteiger partial charge in [-0.3, -0.25) is 20.2 Å². The minimum Gasteiger partial charge on any atom is -0.550 e. The number of quaternary nitrogens is 1. The van der Waals surface area contributed by atoms with Crippen molar-refractivity contribution in [1.29, 1.82) is 5.26 Å². The summed E-state index contributed by atoms with van der Waals surface area (Å²) in [7, 11) is 0. The van der Waals surface area contributed by atoms with Crippen molar-refractivity contribution in [3.63, 3.8) is 0 Å². The summed E-state index contributed by atoms with van der Waals surface area (Å²) in [5.41, 5.74) is -3.26. The Bertz CT molecular complexity index is 611. The third-order valence-corrected chi connectivity index (χ3v) is 4.31. The molecule has 0 aromatic carbocycles. The van der Waals surface area contributed by atoms with E-state index in [4.69, 9.17) is 5.26 Å². The van der Waals surface area contributed by atoms with Crippen molar-refractivity contribution in [1.82, 2.24) is 0 Å². The minimum absolute atomic E-state index is 0.0171. The molecule has 1 aliphatic heterocycles. The lowest BCUT2D eigenvalue weighted by Gasteiger charge is -2.42. The highest BCUT2D eigenvalue weighted by Crippen LogP contribution is 2.39. The highest BCUT2D eigenvalue weighted by molar-refractivity contribution is 5.64. The van der Waals surface area contributed by atoms with Gasteiger partial charge in [0.15, 0.2) is 6.54 Å². The molecule has 1 heterocycles. The van der Waals surface area contributed by atoms with Crippen molar-refractivity contribution in [2.75, 3.05) is 19.6 Å². The Hall–Kier alpha value is -2.54. The van der Waals surface area contributed by atoms with E-state index in [2.05, 4.69) is 0 Å². The Kier molecular flexibility index (Phi) is 3.85. The summed E-state index contributed by atoms with van der Waals surface area (Å²) >= 11 is 0. The Morgan fingerprint density at radius 3 is 2.55 bits per heavy atom. The molecule has 0 aromatic rings. The number of nitrogens with zero attached hydrogens (tertiary/aromatic N) is 3. The molecule has 1 N–H and O–H groups in total. The molecule has 22 heavy (non-hydrogen) atoms. The molecule has 0 radical (unpaired) electrons. The van der Waals surface area contributed by atoms with Crippen LogP contribution in [0.3, 0.4) is 0 Å². The molecule has 0 spiro atoms. The number of hydrogen-bond donors (Lipinski definition) is 1. The van der Waals surface area contributed by atoms with Crippen LogP contribution in [0.4, 0.5) is 0 Å². The molecule has 0 saturated carbocycles. The molecule has 2 aliphatic rings. The van der Waals surface area contributed by atoms with Crippen LogP contribution in [0.5, 0.6) is 0 Å². The predicted octanol–water partition coefficient (Wildman–Crippen LogP) is -2.70. The van der Waals surface area contributed by atoms with Gasteiger partial charge in [0.05, 0.1) is 19.0 Å². The van der Waals surface area contributed by atoms with Crippen molar-refractivity contribution in [3.8, 4) is 6.07 Å². The summed E-state index contributed by atoms with van der Waals surface area (Å²) in [5, 5.41) is 42.6. The van der Waals surface area contributed by atoms with Crippen LogP contribution < -0.4 is 10.0 Å². The van der Waals surface area contributed by atoms with E-state index in [1.807, 2.05) is 0 Å². The molecule has 2 bridgehead atoms. The van der Waals surface area contributed by atoms with E-state index in [1.165, 1.54) is 6.08 Å².